The summed E-state index contributed by atoms with van der Waals surface area (Å²) in [7, 11) is 2.17. The molecule has 76 valence electrons. The van der Waals surface area contributed by atoms with E-state index in [-0.39, 0.29) is 0 Å². The van der Waals surface area contributed by atoms with Crippen molar-refractivity contribution in [1.82, 2.24) is 14.9 Å². The van der Waals surface area contributed by atoms with E-state index >= 15 is 0 Å². The zero-order chi connectivity index (χ0) is 9.97. The minimum absolute atomic E-state index is 0.599. The number of hydrogen-bond donors (Lipinski definition) is 1. The van der Waals surface area contributed by atoms with E-state index < -0.39 is 0 Å². The number of hydrogen-bond acceptors (Lipinski definition) is 3. The van der Waals surface area contributed by atoms with Gasteiger partial charge in [-0.25, -0.2) is 4.98 Å². The summed E-state index contributed by atoms with van der Waals surface area (Å²) in [6.07, 6.45) is 4.23. The van der Waals surface area contributed by atoms with E-state index in [0.29, 0.717) is 10.7 Å². The minimum Gasteiger partial charge on any atom is -0.334 e. The second-order valence-electron chi connectivity index (χ2n) is 3.91. The molecule has 3 nitrogen and oxygen atoms in total. The van der Waals surface area contributed by atoms with Crippen molar-refractivity contribution >= 4 is 12.2 Å². The van der Waals surface area contributed by atoms with E-state index in [0.717, 1.165) is 0 Å². The predicted octanol–water partition coefficient (Wildman–Crippen LogP) is 1.95. The van der Waals surface area contributed by atoms with Gasteiger partial charge in [0.25, 0.3) is 0 Å². The van der Waals surface area contributed by atoms with Crippen LogP contribution in [0.3, 0.4) is 0 Å². The van der Waals surface area contributed by atoms with Gasteiger partial charge in [-0.15, -0.1) is 0 Å². The second kappa shape index (κ2) is 4.19. The summed E-state index contributed by atoms with van der Waals surface area (Å²) in [6.45, 7) is 2.35. The summed E-state index contributed by atoms with van der Waals surface area (Å²) in [5, 5.41) is 0. The molecule has 0 saturated carbocycles. The van der Waals surface area contributed by atoms with Gasteiger partial charge in [-0.2, -0.15) is 0 Å². The fourth-order valence-corrected chi connectivity index (χ4v) is 2.12. The summed E-state index contributed by atoms with van der Waals surface area (Å²) in [4.78, 5) is 9.54. The van der Waals surface area contributed by atoms with Crippen LogP contribution in [0.1, 0.15) is 24.5 Å². The Balaban J connectivity index is 2.12. The lowest BCUT2D eigenvalue weighted by Gasteiger charge is -2.28. The number of aromatic nitrogens is 2. The first-order valence-electron chi connectivity index (χ1n) is 4.99. The van der Waals surface area contributed by atoms with Crippen molar-refractivity contribution in [3.05, 3.63) is 22.7 Å². The van der Waals surface area contributed by atoms with Crippen molar-refractivity contribution < 1.29 is 0 Å². The molecule has 2 heterocycles. The third-order valence-corrected chi connectivity index (χ3v) is 3.06. The van der Waals surface area contributed by atoms with Crippen molar-refractivity contribution in [1.29, 1.82) is 0 Å². The Labute approximate surface area is 89.2 Å². The number of nitrogens with one attached hydrogen (secondary N) is 1. The largest absolute Gasteiger partial charge is 0.334 e. The Hall–Kier alpha value is -0.740. The van der Waals surface area contributed by atoms with Gasteiger partial charge >= 0.3 is 0 Å². The van der Waals surface area contributed by atoms with Crippen molar-refractivity contribution in [3.63, 3.8) is 0 Å². The van der Waals surface area contributed by atoms with Gasteiger partial charge in [0, 0.05) is 17.8 Å². The molecule has 2 rings (SSSR count). The Kier molecular flexibility index (Phi) is 2.93. The molecule has 0 spiro atoms. The van der Waals surface area contributed by atoms with Gasteiger partial charge in [-0.1, -0.05) is 0 Å². The highest BCUT2D eigenvalue weighted by atomic mass is 32.1. The molecule has 1 N–H and O–H groups in total. The predicted molar refractivity (Wildman–Crippen MR) is 58.9 cm³/mol. The molecule has 1 aliphatic rings. The molecule has 1 saturated heterocycles. The normalized spacial score (nSPS) is 19.8. The number of nitrogens with zero attached hydrogens (tertiary/aromatic N) is 2. The smallest absolute Gasteiger partial charge is 0.196 e. The van der Waals surface area contributed by atoms with Crippen molar-refractivity contribution in [2.45, 2.75) is 18.8 Å². The molecule has 1 fully saturated rings. The fraction of sp³-hybridized carbons (Fsp3) is 0.600. The van der Waals surface area contributed by atoms with Crippen LogP contribution < -0.4 is 0 Å². The Morgan fingerprint density at radius 1 is 1.50 bits per heavy atom. The van der Waals surface area contributed by atoms with Crippen LogP contribution in [-0.4, -0.2) is 35.0 Å². The van der Waals surface area contributed by atoms with Gasteiger partial charge in [-0.05, 0) is 51.3 Å². The molecule has 1 aromatic rings. The van der Waals surface area contributed by atoms with E-state index in [1.165, 1.54) is 31.6 Å². The topological polar surface area (TPSA) is 31.9 Å². The molecule has 1 aliphatic heterocycles. The van der Waals surface area contributed by atoms with E-state index in [9.17, 15) is 0 Å². The van der Waals surface area contributed by atoms with Crippen LogP contribution in [0.5, 0.6) is 0 Å². The zero-order valence-electron chi connectivity index (χ0n) is 8.36. The van der Waals surface area contributed by atoms with Crippen LogP contribution in [0, 0.1) is 4.77 Å². The van der Waals surface area contributed by atoms with Crippen LogP contribution >= 0.6 is 12.2 Å². The Morgan fingerprint density at radius 3 is 2.86 bits per heavy atom. The SMILES string of the molecule is CN1CCC(c2ccnc(=S)[nH]2)CC1. The number of rotatable bonds is 1. The lowest BCUT2D eigenvalue weighted by molar-refractivity contribution is 0.253. The first kappa shape index (κ1) is 9.80. The van der Waals surface area contributed by atoms with E-state index in [4.69, 9.17) is 12.2 Å². The Morgan fingerprint density at radius 2 is 2.21 bits per heavy atom. The van der Waals surface area contributed by atoms with Gasteiger partial charge in [0.05, 0.1) is 0 Å². The maximum absolute atomic E-state index is 5.01. The summed E-state index contributed by atoms with van der Waals surface area (Å²) in [5.74, 6) is 0.635. The van der Waals surface area contributed by atoms with Crippen molar-refractivity contribution in [3.8, 4) is 0 Å². The minimum atomic E-state index is 0.599. The molecular weight excluding hydrogens is 194 g/mol. The van der Waals surface area contributed by atoms with Crippen LogP contribution in [0.2, 0.25) is 0 Å². The second-order valence-corrected chi connectivity index (χ2v) is 4.29. The number of aromatic amines is 1. The highest BCUT2D eigenvalue weighted by molar-refractivity contribution is 7.71. The third kappa shape index (κ3) is 2.19. The van der Waals surface area contributed by atoms with Crippen LogP contribution in [-0.2, 0) is 0 Å². The molecular formula is C10H15N3S. The lowest BCUT2D eigenvalue weighted by Crippen LogP contribution is -2.29. The van der Waals surface area contributed by atoms with Gasteiger partial charge in [0.1, 0.15) is 0 Å². The number of likely N-dealkylation sites (tertiary alicyclic amines) is 1. The van der Waals surface area contributed by atoms with Gasteiger partial charge in [0.2, 0.25) is 0 Å². The summed E-state index contributed by atoms with van der Waals surface area (Å²) >= 11 is 5.01. The molecule has 1 aromatic heterocycles. The maximum atomic E-state index is 5.01. The van der Waals surface area contributed by atoms with Gasteiger partial charge in [0.15, 0.2) is 4.77 Å². The molecule has 14 heavy (non-hydrogen) atoms. The molecule has 0 bridgehead atoms. The summed E-state index contributed by atoms with van der Waals surface area (Å²) in [5.41, 5.74) is 1.25. The van der Waals surface area contributed by atoms with Crippen molar-refractivity contribution in [2.24, 2.45) is 0 Å². The fourth-order valence-electron chi connectivity index (χ4n) is 1.94. The first-order chi connectivity index (χ1) is 6.75. The molecule has 0 aromatic carbocycles. The average Bonchev–Trinajstić information content (AvgIpc) is 2.19. The monoisotopic (exact) mass is 209 g/mol. The van der Waals surface area contributed by atoms with E-state index in [1.54, 1.807) is 6.20 Å². The molecule has 4 heteroatoms. The number of H-pyrrole nitrogens is 1. The molecule has 0 unspecified atom stereocenters. The van der Waals surface area contributed by atoms with Gasteiger partial charge in [-0.3, -0.25) is 0 Å². The van der Waals surface area contributed by atoms with Crippen LogP contribution in [0.4, 0.5) is 0 Å². The Bertz CT molecular complexity index is 352. The quantitative estimate of drug-likeness (QED) is 0.717. The van der Waals surface area contributed by atoms with Crippen LogP contribution in [0.15, 0.2) is 12.3 Å². The summed E-state index contributed by atoms with van der Waals surface area (Å²) in [6, 6.07) is 2.05. The first-order valence-corrected chi connectivity index (χ1v) is 5.40. The molecule has 0 atom stereocenters. The van der Waals surface area contributed by atoms with Crippen molar-refractivity contribution in [2.75, 3.05) is 20.1 Å². The highest BCUT2D eigenvalue weighted by Crippen LogP contribution is 2.25. The third-order valence-electron chi connectivity index (χ3n) is 2.86. The molecule has 0 radical (unpaired) electrons. The average molecular weight is 209 g/mol. The maximum Gasteiger partial charge on any atom is 0.196 e. The summed E-state index contributed by atoms with van der Waals surface area (Å²) < 4.78 is 0.599. The van der Waals surface area contributed by atoms with Crippen LogP contribution in [0.25, 0.3) is 0 Å². The van der Waals surface area contributed by atoms with E-state index in [1.807, 2.05) is 6.07 Å². The standard InChI is InChI=1S/C10H15N3S/c1-13-6-3-8(4-7-13)9-2-5-11-10(14)12-9/h2,5,8H,3-4,6-7H2,1H3,(H,11,12,14). The van der Waals surface area contributed by atoms with E-state index in [2.05, 4.69) is 21.9 Å². The molecule has 0 aliphatic carbocycles. The number of piperidine rings is 1. The molecule has 0 amide bonds. The lowest BCUT2D eigenvalue weighted by atomic mass is 9.94. The zero-order valence-corrected chi connectivity index (χ0v) is 9.18. The highest BCUT2D eigenvalue weighted by Gasteiger charge is 2.18. The van der Waals surface area contributed by atoms with Gasteiger partial charge < -0.3 is 9.88 Å².